The maximum absolute atomic E-state index is 9.19. The van der Waals surface area contributed by atoms with Gasteiger partial charge in [-0.05, 0) is 55.0 Å². The number of aromatic nitrogens is 3. The molecule has 3 aromatic heterocycles. The van der Waals surface area contributed by atoms with Gasteiger partial charge in [0, 0.05) is 56.0 Å². The molecule has 2 spiro atoms. The van der Waals surface area contributed by atoms with Gasteiger partial charge < -0.3 is 60.1 Å². The van der Waals surface area contributed by atoms with Gasteiger partial charge >= 0.3 is 0 Å². The number of hydrogen-bond acceptors (Lipinski definition) is 11. The number of nitrogens with zero attached hydrogens (tertiary/aromatic N) is 11. The molecular weight excluding hydrogens is 950 g/mol. The first-order valence-electron chi connectivity index (χ1n) is 21.6. The molecule has 20 heteroatoms. The van der Waals surface area contributed by atoms with Crippen LogP contribution in [0.5, 0.6) is 0 Å². The second kappa shape index (κ2) is 20.6. The fraction of sp³-hybridized carbons (Fsp3) is 0.250. The van der Waals surface area contributed by atoms with E-state index < -0.39 is 44.1 Å². The fourth-order valence-electron chi connectivity index (χ4n) is 7.92. The number of fused-ring (bicyclic) bond motifs is 17. The van der Waals surface area contributed by atoms with Crippen LogP contribution in [0.15, 0.2) is 151 Å². The molecule has 1 N–H and O–H groups in total. The van der Waals surface area contributed by atoms with Gasteiger partial charge in [-0.25, -0.2) is 8.42 Å². The van der Waals surface area contributed by atoms with E-state index in [9.17, 15) is 8.42 Å². The van der Waals surface area contributed by atoms with Gasteiger partial charge in [0.25, 0.3) is 10.1 Å². The molecule has 0 saturated carbocycles. The van der Waals surface area contributed by atoms with E-state index in [-0.39, 0.29) is 16.8 Å². The molecule has 4 atom stereocenters. The Morgan fingerprint density at radius 1 is 0.456 bits per heavy atom. The third kappa shape index (κ3) is 10.1. The van der Waals surface area contributed by atoms with Gasteiger partial charge in [-0.15, -0.1) is 0 Å². The van der Waals surface area contributed by atoms with E-state index in [1.807, 2.05) is 163 Å². The molecule has 5 aromatic carbocycles. The minimum Gasteiger partial charge on any atom is -0.748 e. The van der Waals surface area contributed by atoms with Crippen LogP contribution in [0.25, 0.3) is 43.0 Å². The molecular formula is C48H47CoN11O6S2-6. The molecule has 68 heavy (non-hydrogen) atoms. The van der Waals surface area contributed by atoms with E-state index in [2.05, 4.69) is 0 Å². The number of benzene rings is 5. The van der Waals surface area contributed by atoms with Crippen LogP contribution in [0.1, 0.15) is 76.1 Å². The maximum Gasteiger partial charge on any atom is 0.261 e. The van der Waals surface area contributed by atoms with E-state index in [4.69, 9.17) is 73.1 Å². The Labute approximate surface area is 403 Å². The quantitative estimate of drug-likeness (QED) is 0.193. The van der Waals surface area contributed by atoms with Crippen LogP contribution in [-0.4, -0.2) is 38.5 Å². The van der Waals surface area contributed by atoms with Gasteiger partial charge in [0.05, 0.1) is 16.4 Å². The van der Waals surface area contributed by atoms with Gasteiger partial charge in [-0.1, -0.05) is 186 Å². The Bertz CT molecular complexity index is 3510. The zero-order valence-electron chi connectivity index (χ0n) is 38.3. The van der Waals surface area contributed by atoms with E-state index in [0.717, 1.165) is 54.6 Å². The summed E-state index contributed by atoms with van der Waals surface area (Å²) in [6.07, 6.45) is -0.0385. The average Bonchev–Trinajstić information content (AvgIpc) is 4.09. The minimum atomic E-state index is -3.92. The second-order valence-corrected chi connectivity index (χ2v) is 17.4. The summed E-state index contributed by atoms with van der Waals surface area (Å²) < 4.78 is 53.1. The van der Waals surface area contributed by atoms with Gasteiger partial charge in [0.2, 0.25) is 0 Å². The molecule has 17 nitrogen and oxygen atoms in total. The molecule has 4 aliphatic heterocycles. The van der Waals surface area contributed by atoms with Crippen molar-refractivity contribution >= 4 is 52.6 Å². The predicted molar refractivity (Wildman–Crippen MR) is 254 cm³/mol. The van der Waals surface area contributed by atoms with Crippen LogP contribution < -0.4 is 47.9 Å². The van der Waals surface area contributed by atoms with Gasteiger partial charge in [-0.3, -0.25) is 4.55 Å². The topological polar surface area (TPSA) is 256 Å². The average molecular weight is 997 g/mol. The molecule has 12 rings (SSSR count). The SMILES string of the molecule is CC.CC.CC.CS(=O)(=O)O.CS(=O)(=O)[O-].[Co].c1ccc2c(c1)C1N=c3[n-]c(c4ccccc34)=NC34N=c5[n-]c(c6ccccc56)=NC2(N=c2[n-]c(c5ccccc25)=NC([N-]3)c2ccccc24)[N-]1. The van der Waals surface area contributed by atoms with Crippen molar-refractivity contribution in [2.75, 3.05) is 12.5 Å². The smallest absolute Gasteiger partial charge is 0.261 e. The molecule has 0 fully saturated rings. The summed E-state index contributed by atoms with van der Waals surface area (Å²) in [5, 5.41) is 15.7. The summed E-state index contributed by atoms with van der Waals surface area (Å²) in [6.45, 7) is 12.0. The van der Waals surface area contributed by atoms with E-state index in [0.29, 0.717) is 45.4 Å². The van der Waals surface area contributed by atoms with Crippen molar-refractivity contribution in [1.29, 1.82) is 0 Å². The third-order valence-electron chi connectivity index (χ3n) is 10.2. The molecule has 0 saturated heterocycles. The predicted octanol–water partition coefficient (Wildman–Crippen LogP) is 5.30. The van der Waals surface area contributed by atoms with E-state index in [1.165, 1.54) is 0 Å². The zero-order chi connectivity index (χ0) is 48.3. The van der Waals surface area contributed by atoms with Crippen molar-refractivity contribution in [2.24, 2.45) is 30.0 Å². The van der Waals surface area contributed by atoms with Crippen LogP contribution in [0.3, 0.4) is 0 Å². The number of rotatable bonds is 0. The Morgan fingerprint density at radius 2 is 0.676 bits per heavy atom. The van der Waals surface area contributed by atoms with Crippen molar-refractivity contribution in [2.45, 2.75) is 65.4 Å². The van der Waals surface area contributed by atoms with Gasteiger partial charge in [0.1, 0.15) is 0 Å². The normalized spacial score (nSPS) is 19.9. The third-order valence-corrected chi connectivity index (χ3v) is 10.2. The molecule has 4 unspecified atom stereocenters. The van der Waals surface area contributed by atoms with E-state index in [1.54, 1.807) is 0 Å². The summed E-state index contributed by atoms with van der Waals surface area (Å²) in [6, 6.07) is 39.9. The van der Waals surface area contributed by atoms with Crippen molar-refractivity contribution < 1.29 is 42.7 Å². The van der Waals surface area contributed by atoms with Crippen LogP contribution in [-0.2, 0) is 48.6 Å². The first-order chi connectivity index (χ1) is 32.1. The molecule has 4 aliphatic rings. The van der Waals surface area contributed by atoms with Crippen LogP contribution >= 0.6 is 0 Å². The Kier molecular flexibility index (Phi) is 15.5. The summed E-state index contributed by atoms with van der Waals surface area (Å²) in [5.41, 5.74) is 6.21. The monoisotopic (exact) mass is 996 g/mol. The second-order valence-electron chi connectivity index (χ2n) is 14.5. The van der Waals surface area contributed by atoms with Crippen LogP contribution in [0, 0.1) is 0 Å². The summed E-state index contributed by atoms with van der Waals surface area (Å²) in [4.78, 5) is 47.3. The standard InChI is InChI=1S/C40H22N11.3C2H6.2CH4O3S.Co/c1-3-13-23-21(11-1)31-41-33(23)46-39-30-20-10-8-18-28(30)38(51-39)44-32-22-12-2-4-14-24(22)34(42-32)47-40(29-19-9-7-17-27(29)37(43-31)50-40)49-36-26-16-6-5-15-25(26)35(45-36)48-39;3*1-2;2*1-5(2,3)4;/h1-20,37-38H;3*1-2H3;2*1H3,(H,2,3,4);/q-5;;;;;;/p-1. The maximum atomic E-state index is 9.19. The van der Waals surface area contributed by atoms with Crippen molar-refractivity contribution in [3.8, 4) is 0 Å². The zero-order valence-corrected chi connectivity index (χ0v) is 40.9. The molecule has 8 aromatic rings. The minimum absolute atomic E-state index is 0. The Morgan fingerprint density at radius 3 is 0.956 bits per heavy atom. The van der Waals surface area contributed by atoms with Crippen molar-refractivity contribution in [3.63, 3.8) is 0 Å². The summed E-state index contributed by atoms with van der Waals surface area (Å²) >= 11 is 0. The Hall–Kier alpha value is -6.23. The molecule has 357 valence electrons. The van der Waals surface area contributed by atoms with E-state index >= 15 is 0 Å². The van der Waals surface area contributed by atoms with Gasteiger partial charge in [-0.2, -0.15) is 8.42 Å². The van der Waals surface area contributed by atoms with Gasteiger partial charge in [0.15, 0.2) is 0 Å². The van der Waals surface area contributed by atoms with Crippen LogP contribution in [0.4, 0.5) is 0 Å². The summed E-state index contributed by atoms with van der Waals surface area (Å²) in [5.74, 6) is -2.97. The molecule has 0 amide bonds. The first kappa shape index (κ1) is 51.2. The van der Waals surface area contributed by atoms with Crippen LogP contribution in [0.2, 0.25) is 0 Å². The molecule has 0 aliphatic carbocycles. The molecule has 1 radical (unpaired) electrons. The Balaban J connectivity index is 0.000000398. The molecule has 7 heterocycles. The van der Waals surface area contributed by atoms with Crippen molar-refractivity contribution in [3.05, 3.63) is 187 Å². The first-order valence-corrected chi connectivity index (χ1v) is 25.3. The number of hydrogen-bond donors (Lipinski definition) is 1. The van der Waals surface area contributed by atoms with Crippen molar-refractivity contribution in [1.82, 2.24) is 15.0 Å². The largest absolute Gasteiger partial charge is 0.748 e. The molecule has 10 bridgehead atoms. The summed E-state index contributed by atoms with van der Waals surface area (Å²) in [7, 11) is -7.58. The fourth-order valence-corrected chi connectivity index (χ4v) is 7.92.